The summed E-state index contributed by atoms with van der Waals surface area (Å²) in [7, 11) is 0. The predicted molar refractivity (Wildman–Crippen MR) is 636 cm³/mol. The molecule has 694 valence electrons. The summed E-state index contributed by atoms with van der Waals surface area (Å²) in [6.45, 7) is 0. The smallest absolute Gasteiger partial charge is 0.235 e. The molecule has 0 radical (unpaired) electrons. The molecule has 0 aliphatic rings. The van der Waals surface area contributed by atoms with E-state index in [0.717, 1.165) is 111 Å². The van der Waals surface area contributed by atoms with Crippen LogP contribution in [0.15, 0.2) is 485 Å². The molecule has 0 unspecified atom stereocenters. The van der Waals surface area contributed by atoms with Crippen molar-refractivity contribution >= 4 is 280 Å². The zero-order valence-electron chi connectivity index (χ0n) is 80.5. The number of rotatable bonds is 7. The van der Waals surface area contributed by atoms with Gasteiger partial charge in [-0.25, -0.2) is 29.9 Å². The average Bonchev–Trinajstić information content (AvgIpc) is 1.53. The summed E-state index contributed by atoms with van der Waals surface area (Å²) >= 11 is 3.68. The van der Waals surface area contributed by atoms with Gasteiger partial charge in [0.15, 0.2) is 0 Å². The lowest BCUT2D eigenvalue weighted by molar-refractivity contribution is 1.02. The van der Waals surface area contributed by atoms with Gasteiger partial charge >= 0.3 is 0 Å². The highest BCUT2D eigenvalue weighted by Crippen LogP contribution is 2.52. The van der Waals surface area contributed by atoms with Crippen molar-refractivity contribution in [1.29, 1.82) is 0 Å². The normalized spacial score (nSPS) is 12.1. The minimum atomic E-state index is 0.660. The van der Waals surface area contributed by atoms with Gasteiger partial charge in [-0.05, 0) is 179 Å². The molecule has 0 spiro atoms. The zero-order chi connectivity index (χ0) is 98.0. The van der Waals surface area contributed by atoms with E-state index in [1.165, 1.54) is 186 Å². The van der Waals surface area contributed by atoms with Gasteiger partial charge in [-0.1, -0.05) is 382 Å². The Morgan fingerprint density at radius 1 is 0.147 bits per heavy atom. The van der Waals surface area contributed by atoms with Crippen LogP contribution in [0.4, 0.5) is 0 Å². The van der Waals surface area contributed by atoms with Crippen LogP contribution in [0.25, 0.3) is 315 Å². The number of aromatic nitrogens is 10. The third kappa shape index (κ3) is 12.6. The molecule has 0 atom stereocenters. The van der Waals surface area contributed by atoms with Gasteiger partial charge in [0.25, 0.3) is 0 Å². The van der Waals surface area contributed by atoms with Crippen molar-refractivity contribution in [3.8, 4) is 57.3 Å². The first kappa shape index (κ1) is 83.9. The third-order valence-corrected chi connectivity index (χ3v) is 33.5. The first-order chi connectivity index (χ1) is 74.4. The van der Waals surface area contributed by atoms with Crippen molar-refractivity contribution in [2.45, 2.75) is 0 Å². The second kappa shape index (κ2) is 33.0. The van der Waals surface area contributed by atoms with E-state index in [2.05, 4.69) is 504 Å². The Kier molecular flexibility index (Phi) is 18.5. The van der Waals surface area contributed by atoms with Gasteiger partial charge in [-0.15, -0.1) is 22.7 Å². The van der Waals surface area contributed by atoms with Crippen molar-refractivity contribution in [1.82, 2.24) is 48.2 Å². The third-order valence-electron chi connectivity index (χ3n) is 31.2. The first-order valence-electron chi connectivity index (χ1n) is 50.9. The van der Waals surface area contributed by atoms with E-state index < -0.39 is 0 Å². The van der Waals surface area contributed by atoms with Crippen molar-refractivity contribution in [3.05, 3.63) is 485 Å². The highest BCUT2D eigenvalue weighted by molar-refractivity contribution is 7.26. The quantitative estimate of drug-likeness (QED) is 0.148. The molecule has 0 saturated carbocycles. The fourth-order valence-corrected chi connectivity index (χ4v) is 26.9. The van der Waals surface area contributed by atoms with Crippen molar-refractivity contribution in [2.24, 2.45) is 0 Å². The van der Waals surface area contributed by atoms with E-state index in [4.69, 9.17) is 29.9 Å². The molecule has 9 aromatic heterocycles. The molecule has 25 aromatic carbocycles. The van der Waals surface area contributed by atoms with Crippen molar-refractivity contribution in [3.63, 3.8) is 0 Å². The van der Waals surface area contributed by atoms with Crippen LogP contribution in [0.2, 0.25) is 0 Å². The molecule has 10 nitrogen and oxygen atoms in total. The fourth-order valence-electron chi connectivity index (χ4n) is 24.7. The van der Waals surface area contributed by atoms with Crippen LogP contribution in [0.1, 0.15) is 0 Å². The molecular formula is C138H80N10S2. The van der Waals surface area contributed by atoms with E-state index in [1.807, 2.05) is 22.7 Å². The molecule has 12 heteroatoms. The Morgan fingerprint density at radius 3 is 1.00 bits per heavy atom. The van der Waals surface area contributed by atoms with Crippen molar-refractivity contribution < 1.29 is 0 Å². The number of thiophene rings is 2. The topological polar surface area (TPSA) is 97.1 Å². The lowest BCUT2D eigenvalue weighted by Crippen LogP contribution is -2.04. The molecule has 0 saturated heterocycles. The Bertz CT molecular complexity index is 11600. The molecule has 0 bridgehead atoms. The molecule has 0 fully saturated rings. The minimum absolute atomic E-state index is 0.660. The number of hydrogen-bond donors (Lipinski definition) is 0. The SMILES string of the molecule is c1ccc(-n2c3ccccc3c3cc(-c4nc(-n5c6c7ccccc7ccc6c6c7ccccc7c7ccccc7c65)nc5ccccc45)ccc32)cc1.c1ccc2c(c1)ccc1c2c2c3ccccc3c3ccccc3c2n1-c1nc(-c2ccc3sc4ccccc4c3c2)c2ccccc2n1.c1ccc2cc3c(cc2c1)c1c2ccccc2c2ccccc2c1n3-c1nc(-c2ccc3sc4ccccc4c3c2)c2ccccc2n1. The molecule has 0 N–H and O–H groups in total. The van der Waals surface area contributed by atoms with Gasteiger partial charge in [0.05, 0.1) is 77.8 Å². The Hall–Kier alpha value is -19.5. The summed E-state index contributed by atoms with van der Waals surface area (Å²) in [4.78, 5) is 32.7. The number of hydrogen-bond acceptors (Lipinski definition) is 8. The van der Waals surface area contributed by atoms with Crippen molar-refractivity contribution in [2.75, 3.05) is 0 Å². The molecular weight excluding hydrogens is 1860 g/mol. The lowest BCUT2D eigenvalue weighted by Gasteiger charge is -2.14. The highest BCUT2D eigenvalue weighted by atomic mass is 32.1. The summed E-state index contributed by atoms with van der Waals surface area (Å²) in [6, 6.07) is 175. The molecule has 0 aliphatic heterocycles. The lowest BCUT2D eigenvalue weighted by atomic mass is 9.95. The Balaban J connectivity index is 0.0000000995. The monoisotopic (exact) mass is 1940 g/mol. The number of nitrogens with zero attached hydrogens (tertiary/aromatic N) is 10. The van der Waals surface area contributed by atoms with E-state index in [9.17, 15) is 0 Å². The van der Waals surface area contributed by atoms with Crippen LogP contribution >= 0.6 is 22.7 Å². The largest absolute Gasteiger partial charge is 0.309 e. The molecule has 34 rings (SSSR count). The van der Waals surface area contributed by atoms with E-state index >= 15 is 0 Å². The maximum atomic E-state index is 5.60. The molecule has 34 aromatic rings. The summed E-state index contributed by atoms with van der Waals surface area (Å²) < 4.78 is 14.5. The summed E-state index contributed by atoms with van der Waals surface area (Å²) in [5, 5.41) is 39.8. The van der Waals surface area contributed by atoms with Gasteiger partial charge in [-0.3, -0.25) is 13.7 Å². The Labute approximate surface area is 864 Å². The molecule has 9 heterocycles. The zero-order valence-corrected chi connectivity index (χ0v) is 82.1. The van der Waals surface area contributed by atoms with Crippen LogP contribution in [-0.4, -0.2) is 48.2 Å². The van der Waals surface area contributed by atoms with Crippen LogP contribution in [0.3, 0.4) is 0 Å². The second-order valence-electron chi connectivity index (χ2n) is 39.2. The molecule has 0 aliphatic carbocycles. The Morgan fingerprint density at radius 2 is 0.480 bits per heavy atom. The van der Waals surface area contributed by atoms with Gasteiger partial charge in [-0.2, -0.15) is 0 Å². The standard InChI is InChI=1S/C50H30N4.2C44H25N3S/c1-2-15-33(16-3-1)53-44-25-13-11-20-37(44)42-30-32(27-29-45(42)53)47-40-23-10-12-24-43(40)51-50(52-47)54-48-34-17-5-4-14-31(34)26-28-41(48)46-38-21-8-6-18-35(38)36-19-7-9-22-39(36)49(46)54;1-2-12-28-26(11-1)21-23-37-40(28)41-32-16-5-3-13-29(32)30-14-4-6-17-33(30)43(41)47(37)44-45-36-19-9-7-18-34(36)42(46-44)27-22-24-39-35(25-27)31-15-8-10-20-38(31)48-39;1-2-12-27-25-38-36(23-26(27)11-1)41-32-16-5-3-13-29(32)30-14-4-6-17-33(30)43(41)47(38)44-45-37-19-9-7-18-34(37)42(46-44)28-21-22-40-35(24-28)31-15-8-10-20-39(31)48-40/h1-30H;2*1-25H. The number of para-hydroxylation sites is 5. The summed E-state index contributed by atoms with van der Waals surface area (Å²) in [6.07, 6.45) is 0. The first-order valence-corrected chi connectivity index (χ1v) is 52.6. The molecule has 0 amide bonds. The maximum Gasteiger partial charge on any atom is 0.235 e. The van der Waals surface area contributed by atoms with Gasteiger partial charge < -0.3 is 4.57 Å². The summed E-state index contributed by atoms with van der Waals surface area (Å²) in [5.41, 5.74) is 19.0. The summed E-state index contributed by atoms with van der Waals surface area (Å²) in [5.74, 6) is 2.01. The molecule has 150 heavy (non-hydrogen) atoms. The van der Waals surface area contributed by atoms with E-state index in [1.54, 1.807) is 0 Å². The average molecular weight is 1940 g/mol. The van der Waals surface area contributed by atoms with Gasteiger partial charge in [0, 0.05) is 144 Å². The van der Waals surface area contributed by atoms with Gasteiger partial charge in [0.1, 0.15) is 0 Å². The second-order valence-corrected chi connectivity index (χ2v) is 41.4. The number of fused-ring (bicyclic) bond motifs is 41. The fraction of sp³-hybridized carbons (Fsp3) is 0. The number of benzene rings is 25. The van der Waals surface area contributed by atoms with Crippen LogP contribution < -0.4 is 0 Å². The van der Waals surface area contributed by atoms with E-state index in [-0.39, 0.29) is 0 Å². The predicted octanol–water partition coefficient (Wildman–Crippen LogP) is 37.4. The maximum absolute atomic E-state index is 5.60. The van der Waals surface area contributed by atoms with Gasteiger partial charge in [0.2, 0.25) is 17.8 Å². The van der Waals surface area contributed by atoms with Crippen LogP contribution in [-0.2, 0) is 0 Å². The minimum Gasteiger partial charge on any atom is -0.309 e. The van der Waals surface area contributed by atoms with Crippen LogP contribution in [0, 0.1) is 0 Å². The van der Waals surface area contributed by atoms with E-state index in [0.29, 0.717) is 17.8 Å². The van der Waals surface area contributed by atoms with Crippen LogP contribution in [0.5, 0.6) is 0 Å². The highest BCUT2D eigenvalue weighted by Gasteiger charge is 2.30.